The van der Waals surface area contributed by atoms with E-state index < -0.39 is 30.7 Å². The van der Waals surface area contributed by atoms with E-state index in [1.165, 1.54) is 6.07 Å². The molecule has 0 saturated heterocycles. The molecule has 1 amide bonds. The zero-order valence-electron chi connectivity index (χ0n) is 12.6. The third-order valence-electron chi connectivity index (χ3n) is 3.15. The highest BCUT2D eigenvalue weighted by atomic mass is 19.4. The summed E-state index contributed by atoms with van der Waals surface area (Å²) < 4.78 is 40.4. The highest BCUT2D eigenvalue weighted by Crippen LogP contribution is 2.17. The number of carboxylic acids is 1. The lowest BCUT2D eigenvalue weighted by Gasteiger charge is -2.20. The minimum absolute atomic E-state index is 0.0268. The van der Waals surface area contributed by atoms with E-state index in [4.69, 9.17) is 5.11 Å². The van der Waals surface area contributed by atoms with Crippen LogP contribution in [0, 0.1) is 5.92 Å². The standard InChI is InChI=1S/C14H17F3N2O4/c1-3-8(2)11(13(21)22)19-12(20)9-4-5-10(18-6-9)23-7-14(15,16)17/h4-6,8,11H,3,7H2,1-2H3,(H,19,20)(H,21,22)/t8-,11-/m0/s1. The molecule has 6 nitrogen and oxygen atoms in total. The lowest BCUT2D eigenvalue weighted by atomic mass is 9.99. The van der Waals surface area contributed by atoms with Gasteiger partial charge in [0.2, 0.25) is 5.88 Å². The summed E-state index contributed by atoms with van der Waals surface area (Å²) in [5.41, 5.74) is 0.0268. The van der Waals surface area contributed by atoms with Gasteiger partial charge in [-0.2, -0.15) is 13.2 Å². The molecular formula is C14H17F3N2O4. The topological polar surface area (TPSA) is 88.5 Å². The monoisotopic (exact) mass is 334 g/mol. The van der Waals surface area contributed by atoms with Crippen LogP contribution in [-0.4, -0.2) is 40.8 Å². The van der Waals surface area contributed by atoms with E-state index >= 15 is 0 Å². The van der Waals surface area contributed by atoms with Gasteiger partial charge in [0.05, 0.1) is 5.56 Å². The highest BCUT2D eigenvalue weighted by Gasteiger charge is 2.29. The molecule has 0 aromatic carbocycles. The van der Waals surface area contributed by atoms with Crippen molar-refractivity contribution in [3.63, 3.8) is 0 Å². The molecule has 0 aliphatic carbocycles. The number of halogens is 3. The number of carbonyl (C=O) groups excluding carboxylic acids is 1. The van der Waals surface area contributed by atoms with Crippen LogP contribution in [0.4, 0.5) is 13.2 Å². The number of ether oxygens (including phenoxy) is 1. The molecule has 1 rings (SSSR count). The van der Waals surface area contributed by atoms with Gasteiger partial charge in [0.15, 0.2) is 6.61 Å². The molecule has 0 saturated carbocycles. The van der Waals surface area contributed by atoms with Crippen LogP contribution in [0.2, 0.25) is 0 Å². The molecule has 1 aromatic rings. The van der Waals surface area contributed by atoms with Gasteiger partial charge in [0.25, 0.3) is 5.91 Å². The zero-order chi connectivity index (χ0) is 17.6. The van der Waals surface area contributed by atoms with Gasteiger partial charge in [-0.15, -0.1) is 0 Å². The Balaban J connectivity index is 2.71. The van der Waals surface area contributed by atoms with E-state index in [9.17, 15) is 22.8 Å². The largest absolute Gasteiger partial charge is 0.480 e. The van der Waals surface area contributed by atoms with Gasteiger partial charge in [0.1, 0.15) is 6.04 Å². The number of aromatic nitrogens is 1. The Kier molecular flexibility index (Phi) is 6.35. The zero-order valence-corrected chi connectivity index (χ0v) is 12.6. The summed E-state index contributed by atoms with van der Waals surface area (Å²) in [7, 11) is 0. The summed E-state index contributed by atoms with van der Waals surface area (Å²) >= 11 is 0. The second-order valence-corrected chi connectivity index (χ2v) is 4.96. The Labute approximate surface area is 130 Å². The molecule has 1 heterocycles. The summed E-state index contributed by atoms with van der Waals surface area (Å²) in [4.78, 5) is 26.7. The first kappa shape index (κ1) is 18.7. The second kappa shape index (κ2) is 7.80. The fourth-order valence-electron chi connectivity index (χ4n) is 1.66. The second-order valence-electron chi connectivity index (χ2n) is 4.96. The Morgan fingerprint density at radius 1 is 1.39 bits per heavy atom. The minimum atomic E-state index is -4.48. The molecule has 0 radical (unpaired) electrons. The first-order valence-electron chi connectivity index (χ1n) is 6.83. The minimum Gasteiger partial charge on any atom is -0.480 e. The molecule has 23 heavy (non-hydrogen) atoms. The smallest absolute Gasteiger partial charge is 0.422 e. The average Bonchev–Trinajstić information content (AvgIpc) is 2.49. The van der Waals surface area contributed by atoms with E-state index in [0.29, 0.717) is 6.42 Å². The van der Waals surface area contributed by atoms with Crippen LogP contribution in [0.25, 0.3) is 0 Å². The van der Waals surface area contributed by atoms with E-state index in [-0.39, 0.29) is 17.4 Å². The quantitative estimate of drug-likeness (QED) is 0.798. The van der Waals surface area contributed by atoms with Crippen LogP contribution in [0.3, 0.4) is 0 Å². The summed E-state index contributed by atoms with van der Waals surface area (Å²) in [6, 6.07) is 1.26. The van der Waals surface area contributed by atoms with Crippen molar-refractivity contribution < 1.29 is 32.6 Å². The molecule has 0 aliphatic heterocycles. The van der Waals surface area contributed by atoms with Crippen molar-refractivity contribution in [2.24, 2.45) is 5.92 Å². The molecule has 2 N–H and O–H groups in total. The molecule has 9 heteroatoms. The van der Waals surface area contributed by atoms with Crippen molar-refractivity contribution in [1.29, 1.82) is 0 Å². The maximum atomic E-state index is 12.0. The van der Waals surface area contributed by atoms with Gasteiger partial charge < -0.3 is 15.2 Å². The SMILES string of the molecule is CC[C@H](C)[C@H](NC(=O)c1ccc(OCC(F)(F)F)nc1)C(=O)O. The lowest BCUT2D eigenvalue weighted by Crippen LogP contribution is -2.45. The number of carboxylic acid groups (broad SMARTS) is 1. The van der Waals surface area contributed by atoms with E-state index in [1.54, 1.807) is 13.8 Å². The van der Waals surface area contributed by atoms with Gasteiger partial charge in [-0.25, -0.2) is 9.78 Å². The predicted octanol–water partition coefficient (Wildman–Crippen LogP) is 2.25. The van der Waals surface area contributed by atoms with Gasteiger partial charge in [-0.1, -0.05) is 20.3 Å². The van der Waals surface area contributed by atoms with E-state index in [2.05, 4.69) is 15.0 Å². The normalized spacial score (nSPS) is 14.0. The number of aliphatic carboxylic acids is 1. The van der Waals surface area contributed by atoms with E-state index in [0.717, 1.165) is 12.3 Å². The molecule has 0 fully saturated rings. The number of alkyl halides is 3. The lowest BCUT2D eigenvalue weighted by molar-refractivity contribution is -0.154. The number of carbonyl (C=O) groups is 2. The van der Waals surface area contributed by atoms with Crippen LogP contribution in [-0.2, 0) is 4.79 Å². The molecule has 1 aromatic heterocycles. The first-order valence-corrected chi connectivity index (χ1v) is 6.83. The van der Waals surface area contributed by atoms with Gasteiger partial charge >= 0.3 is 12.1 Å². The number of pyridine rings is 1. The molecule has 0 aliphatic rings. The molecule has 0 bridgehead atoms. The maximum Gasteiger partial charge on any atom is 0.422 e. The van der Waals surface area contributed by atoms with Gasteiger partial charge in [0, 0.05) is 12.3 Å². The summed E-state index contributed by atoms with van der Waals surface area (Å²) in [5.74, 6) is -2.40. The van der Waals surface area contributed by atoms with Crippen LogP contribution in [0.5, 0.6) is 5.88 Å². The first-order chi connectivity index (χ1) is 10.6. The van der Waals surface area contributed by atoms with Crippen molar-refractivity contribution in [3.05, 3.63) is 23.9 Å². The number of nitrogens with zero attached hydrogens (tertiary/aromatic N) is 1. The Morgan fingerprint density at radius 2 is 2.04 bits per heavy atom. The maximum absolute atomic E-state index is 12.0. The Bertz CT molecular complexity index is 546. The van der Waals surface area contributed by atoms with Gasteiger partial charge in [-0.05, 0) is 12.0 Å². The van der Waals surface area contributed by atoms with Crippen molar-refractivity contribution >= 4 is 11.9 Å². The molecule has 0 spiro atoms. The van der Waals surface area contributed by atoms with Crippen LogP contribution in [0.15, 0.2) is 18.3 Å². The molecule has 0 unspecified atom stereocenters. The van der Waals surface area contributed by atoms with Gasteiger partial charge in [-0.3, -0.25) is 4.79 Å². The van der Waals surface area contributed by atoms with E-state index in [1.807, 2.05) is 0 Å². The molecule has 128 valence electrons. The number of hydrogen-bond acceptors (Lipinski definition) is 4. The number of rotatable bonds is 7. The number of amides is 1. The highest BCUT2D eigenvalue weighted by molar-refractivity contribution is 5.96. The fraction of sp³-hybridized carbons (Fsp3) is 0.500. The van der Waals surface area contributed by atoms with Crippen molar-refractivity contribution in [1.82, 2.24) is 10.3 Å². The van der Waals surface area contributed by atoms with Crippen LogP contribution in [0.1, 0.15) is 30.6 Å². The van der Waals surface area contributed by atoms with Crippen LogP contribution >= 0.6 is 0 Å². The molecular weight excluding hydrogens is 317 g/mol. The number of nitrogens with one attached hydrogen (secondary N) is 1. The number of hydrogen-bond donors (Lipinski definition) is 2. The Hall–Kier alpha value is -2.32. The Morgan fingerprint density at radius 3 is 2.48 bits per heavy atom. The predicted molar refractivity (Wildman–Crippen MR) is 74.1 cm³/mol. The summed E-state index contributed by atoms with van der Waals surface area (Å²) in [6.07, 6.45) is -2.90. The van der Waals surface area contributed by atoms with Crippen molar-refractivity contribution in [3.8, 4) is 5.88 Å². The summed E-state index contributed by atoms with van der Waals surface area (Å²) in [6.45, 7) is 1.99. The average molecular weight is 334 g/mol. The third-order valence-corrected chi connectivity index (χ3v) is 3.15. The van der Waals surface area contributed by atoms with Crippen molar-refractivity contribution in [2.75, 3.05) is 6.61 Å². The van der Waals surface area contributed by atoms with Crippen LogP contribution < -0.4 is 10.1 Å². The molecule has 2 atom stereocenters. The third kappa shape index (κ3) is 6.13. The summed E-state index contributed by atoms with van der Waals surface area (Å²) in [5, 5.41) is 11.5. The van der Waals surface area contributed by atoms with Crippen molar-refractivity contribution in [2.45, 2.75) is 32.5 Å². The fourth-order valence-corrected chi connectivity index (χ4v) is 1.66.